The van der Waals surface area contributed by atoms with E-state index < -0.39 is 24.0 Å². The maximum absolute atomic E-state index is 12.4. The maximum atomic E-state index is 12.4. The first kappa shape index (κ1) is 14.3. The number of hydrogen-bond acceptors (Lipinski definition) is 2. The molecule has 0 unspecified atom stereocenters. The van der Waals surface area contributed by atoms with E-state index in [9.17, 15) is 26.3 Å². The van der Waals surface area contributed by atoms with E-state index in [0.717, 1.165) is 6.20 Å². The molecule has 0 fully saturated rings. The molecule has 0 amide bonds. The van der Waals surface area contributed by atoms with Crippen LogP contribution in [0.15, 0.2) is 6.20 Å². The van der Waals surface area contributed by atoms with E-state index in [2.05, 4.69) is 9.72 Å². The second-order valence-corrected chi connectivity index (χ2v) is 4.06. The smallest absolute Gasteiger partial charge is 0.402 e. The zero-order valence-corrected chi connectivity index (χ0v) is 10.2. The minimum absolute atomic E-state index is 0.165. The molecule has 0 aliphatic carbocycles. The summed E-state index contributed by atoms with van der Waals surface area (Å²) in [5, 5.41) is 0. The third kappa shape index (κ3) is 3.61. The fourth-order valence-electron chi connectivity index (χ4n) is 0.970. The summed E-state index contributed by atoms with van der Waals surface area (Å²) >= 11 is 1.35. The number of rotatable bonds is 1. The quantitative estimate of drug-likeness (QED) is 0.552. The average molecular weight is 371 g/mol. The lowest BCUT2D eigenvalue weighted by molar-refractivity contribution is -0.276. The number of nitrogens with zero attached hydrogens (tertiary/aromatic N) is 1. The minimum Gasteiger partial charge on any atom is -0.402 e. The Hall–Kier alpha value is -0.740. The molecule has 0 spiro atoms. The maximum Gasteiger partial charge on any atom is 0.573 e. The lowest BCUT2D eigenvalue weighted by Crippen LogP contribution is -2.22. The summed E-state index contributed by atoms with van der Waals surface area (Å²) in [6, 6.07) is 0. The van der Waals surface area contributed by atoms with Crippen LogP contribution in [0.5, 0.6) is 5.75 Å². The summed E-state index contributed by atoms with van der Waals surface area (Å²) in [5.74, 6) is -1.31. The zero-order valence-electron chi connectivity index (χ0n) is 8.08. The van der Waals surface area contributed by atoms with Crippen LogP contribution in [0.3, 0.4) is 0 Å². The van der Waals surface area contributed by atoms with E-state index >= 15 is 0 Å². The van der Waals surface area contributed by atoms with Gasteiger partial charge < -0.3 is 4.74 Å². The Morgan fingerprint density at radius 3 is 2.12 bits per heavy atom. The number of aromatic nitrogens is 1. The van der Waals surface area contributed by atoms with Crippen LogP contribution in [0.2, 0.25) is 0 Å². The highest BCUT2D eigenvalue weighted by atomic mass is 127. The van der Waals surface area contributed by atoms with E-state index in [-0.39, 0.29) is 9.13 Å². The molecule has 2 nitrogen and oxygen atoms in total. The molecule has 1 rings (SSSR count). The first-order valence-electron chi connectivity index (χ1n) is 4.00. The first-order chi connectivity index (χ1) is 7.52. The van der Waals surface area contributed by atoms with Crippen molar-refractivity contribution in [1.29, 1.82) is 0 Å². The summed E-state index contributed by atoms with van der Waals surface area (Å²) in [6.07, 6.45) is -9.36. The van der Waals surface area contributed by atoms with Crippen LogP contribution < -0.4 is 4.74 Å². The van der Waals surface area contributed by atoms with Gasteiger partial charge in [0.2, 0.25) is 0 Å². The highest BCUT2D eigenvalue weighted by Crippen LogP contribution is 2.40. The molecule has 1 aromatic heterocycles. The standard InChI is InChI=1S/C8H4F6INO/c1-3-2-16-6(7(9,10)11)5(4(3)15)17-8(12,13)14/h2H,1H3. The molecule has 0 saturated heterocycles. The molecule has 0 saturated carbocycles. The van der Waals surface area contributed by atoms with Gasteiger partial charge in [-0.15, -0.1) is 13.2 Å². The molecule has 0 bridgehead atoms. The molecule has 96 valence electrons. The molecule has 0 atom stereocenters. The highest BCUT2D eigenvalue weighted by molar-refractivity contribution is 14.1. The Bertz CT molecular complexity index is 427. The van der Waals surface area contributed by atoms with Crippen molar-refractivity contribution in [2.45, 2.75) is 19.5 Å². The molecular weight excluding hydrogens is 367 g/mol. The Labute approximate surface area is 105 Å². The van der Waals surface area contributed by atoms with Gasteiger partial charge in [-0.2, -0.15) is 13.2 Å². The van der Waals surface area contributed by atoms with Crippen LogP contribution in [-0.4, -0.2) is 11.3 Å². The monoisotopic (exact) mass is 371 g/mol. The third-order valence-corrected chi connectivity index (χ3v) is 2.97. The summed E-state index contributed by atoms with van der Waals surface area (Å²) in [4.78, 5) is 2.94. The number of ether oxygens (including phenoxy) is 1. The molecule has 0 radical (unpaired) electrons. The van der Waals surface area contributed by atoms with E-state index in [1.54, 1.807) is 0 Å². The molecule has 0 aliphatic rings. The summed E-state index contributed by atoms with van der Waals surface area (Å²) < 4.78 is 76.4. The van der Waals surface area contributed by atoms with Gasteiger partial charge in [-0.05, 0) is 35.1 Å². The number of aryl methyl sites for hydroxylation is 1. The fraction of sp³-hybridized carbons (Fsp3) is 0.375. The number of pyridine rings is 1. The van der Waals surface area contributed by atoms with E-state index in [0.29, 0.717) is 0 Å². The van der Waals surface area contributed by atoms with Gasteiger partial charge in [-0.1, -0.05) is 0 Å². The SMILES string of the molecule is Cc1cnc(C(F)(F)F)c(OC(F)(F)F)c1I. The van der Waals surface area contributed by atoms with Crippen molar-refractivity contribution in [1.82, 2.24) is 4.98 Å². The topological polar surface area (TPSA) is 22.1 Å². The Kier molecular flexibility index (Phi) is 3.79. The van der Waals surface area contributed by atoms with Gasteiger partial charge in [0.25, 0.3) is 0 Å². The highest BCUT2D eigenvalue weighted by Gasteiger charge is 2.42. The average Bonchev–Trinajstić information content (AvgIpc) is 2.08. The molecule has 17 heavy (non-hydrogen) atoms. The van der Waals surface area contributed by atoms with Crippen LogP contribution in [0.1, 0.15) is 11.3 Å². The normalized spacial score (nSPS) is 12.7. The van der Waals surface area contributed by atoms with E-state index in [1.165, 1.54) is 29.5 Å². The van der Waals surface area contributed by atoms with Crippen molar-refractivity contribution in [3.05, 3.63) is 21.0 Å². The zero-order chi connectivity index (χ0) is 13.4. The number of halogens is 7. The molecule has 0 N–H and O–H groups in total. The molecule has 1 aromatic rings. The van der Waals surface area contributed by atoms with Crippen molar-refractivity contribution >= 4 is 22.6 Å². The van der Waals surface area contributed by atoms with Crippen molar-refractivity contribution < 1.29 is 31.1 Å². The van der Waals surface area contributed by atoms with E-state index in [1.807, 2.05) is 0 Å². The Morgan fingerprint density at radius 1 is 1.18 bits per heavy atom. The second kappa shape index (κ2) is 4.50. The molecule has 0 aromatic carbocycles. The lowest BCUT2D eigenvalue weighted by atomic mass is 10.2. The minimum atomic E-state index is -5.20. The largest absolute Gasteiger partial charge is 0.573 e. The van der Waals surface area contributed by atoms with Crippen LogP contribution in [0.4, 0.5) is 26.3 Å². The van der Waals surface area contributed by atoms with Crippen LogP contribution in [0.25, 0.3) is 0 Å². The summed E-state index contributed by atoms with van der Waals surface area (Å²) in [5.41, 5.74) is -1.53. The predicted molar refractivity (Wildman–Crippen MR) is 53.4 cm³/mol. The van der Waals surface area contributed by atoms with Crippen LogP contribution in [-0.2, 0) is 6.18 Å². The Morgan fingerprint density at radius 2 is 1.71 bits per heavy atom. The van der Waals surface area contributed by atoms with Gasteiger partial charge in [0, 0.05) is 6.20 Å². The van der Waals surface area contributed by atoms with Gasteiger partial charge in [0.05, 0.1) is 3.57 Å². The first-order valence-corrected chi connectivity index (χ1v) is 5.08. The Balaban J connectivity index is 3.37. The van der Waals surface area contributed by atoms with E-state index in [4.69, 9.17) is 0 Å². The summed E-state index contributed by atoms with van der Waals surface area (Å²) in [6.45, 7) is 1.33. The number of alkyl halides is 6. The van der Waals surface area contributed by atoms with Gasteiger partial charge in [-0.25, -0.2) is 4.98 Å². The lowest BCUT2D eigenvalue weighted by Gasteiger charge is -2.16. The molecule has 9 heteroatoms. The molecule has 1 heterocycles. The third-order valence-electron chi connectivity index (χ3n) is 1.63. The van der Waals surface area contributed by atoms with Gasteiger partial charge >= 0.3 is 12.5 Å². The molecular formula is C8H4F6INO. The second-order valence-electron chi connectivity index (χ2n) is 2.98. The van der Waals surface area contributed by atoms with Crippen molar-refractivity contribution in [3.63, 3.8) is 0 Å². The number of hydrogen-bond donors (Lipinski definition) is 0. The van der Waals surface area contributed by atoms with Crippen molar-refractivity contribution in [3.8, 4) is 5.75 Å². The van der Waals surface area contributed by atoms with Crippen LogP contribution >= 0.6 is 22.6 Å². The van der Waals surface area contributed by atoms with Crippen molar-refractivity contribution in [2.75, 3.05) is 0 Å². The fourth-order valence-corrected chi connectivity index (χ4v) is 1.48. The van der Waals surface area contributed by atoms with Crippen molar-refractivity contribution in [2.24, 2.45) is 0 Å². The van der Waals surface area contributed by atoms with Gasteiger partial charge in [-0.3, -0.25) is 0 Å². The molecule has 0 aliphatic heterocycles. The summed E-state index contributed by atoms with van der Waals surface area (Å²) in [7, 11) is 0. The van der Waals surface area contributed by atoms with Gasteiger partial charge in [0.15, 0.2) is 11.4 Å². The van der Waals surface area contributed by atoms with Crippen LogP contribution in [0, 0.1) is 10.5 Å². The van der Waals surface area contributed by atoms with Gasteiger partial charge in [0.1, 0.15) is 0 Å². The predicted octanol–water partition coefficient (Wildman–Crippen LogP) is 3.91.